The number of hydrogen-bond donors (Lipinski definition) is 2. The molecule has 1 fully saturated rings. The highest BCUT2D eigenvalue weighted by molar-refractivity contribution is 7.10. The van der Waals surface area contributed by atoms with Crippen molar-refractivity contribution in [3.63, 3.8) is 0 Å². The zero-order valence-electron chi connectivity index (χ0n) is 10.8. The van der Waals surface area contributed by atoms with Gasteiger partial charge in [-0.25, -0.2) is 0 Å². The van der Waals surface area contributed by atoms with Gasteiger partial charge in [0.15, 0.2) is 0 Å². The smallest absolute Gasteiger partial charge is 0.0772 e. The van der Waals surface area contributed by atoms with Gasteiger partial charge in [0.1, 0.15) is 0 Å². The average Bonchev–Trinajstić information content (AvgIpc) is 2.84. The van der Waals surface area contributed by atoms with Crippen LogP contribution in [0.15, 0.2) is 17.5 Å². The molecule has 0 bridgehead atoms. The monoisotopic (exact) mass is 253 g/mol. The summed E-state index contributed by atoms with van der Waals surface area (Å²) in [6.07, 6.45) is 4.20. The second-order valence-electron chi connectivity index (χ2n) is 5.52. The van der Waals surface area contributed by atoms with Gasteiger partial charge in [-0.05, 0) is 50.0 Å². The molecule has 17 heavy (non-hydrogen) atoms. The highest BCUT2D eigenvalue weighted by Crippen LogP contribution is 2.31. The molecule has 0 aliphatic heterocycles. The van der Waals surface area contributed by atoms with E-state index >= 15 is 0 Å². The van der Waals surface area contributed by atoms with Crippen molar-refractivity contribution < 1.29 is 5.11 Å². The van der Waals surface area contributed by atoms with Gasteiger partial charge in [-0.15, -0.1) is 11.3 Å². The number of rotatable bonds is 4. The Morgan fingerprint density at radius 3 is 2.82 bits per heavy atom. The van der Waals surface area contributed by atoms with Crippen LogP contribution in [0.5, 0.6) is 0 Å². The van der Waals surface area contributed by atoms with Gasteiger partial charge in [0.2, 0.25) is 0 Å². The van der Waals surface area contributed by atoms with Gasteiger partial charge in [-0.1, -0.05) is 13.0 Å². The summed E-state index contributed by atoms with van der Waals surface area (Å²) in [5, 5.41) is 16.0. The van der Waals surface area contributed by atoms with Crippen molar-refractivity contribution in [2.75, 3.05) is 6.54 Å². The summed E-state index contributed by atoms with van der Waals surface area (Å²) in [5.74, 6) is 0.782. The van der Waals surface area contributed by atoms with E-state index in [1.165, 1.54) is 4.88 Å². The number of thiophene rings is 1. The van der Waals surface area contributed by atoms with Gasteiger partial charge < -0.3 is 10.4 Å². The van der Waals surface area contributed by atoms with Crippen LogP contribution in [0.1, 0.15) is 50.4 Å². The molecule has 1 saturated carbocycles. The molecule has 96 valence electrons. The first-order valence-electron chi connectivity index (χ1n) is 6.58. The van der Waals surface area contributed by atoms with E-state index in [1.807, 2.05) is 0 Å². The van der Waals surface area contributed by atoms with E-state index in [2.05, 4.69) is 36.7 Å². The third-order valence-electron chi connectivity index (χ3n) is 3.91. The molecule has 2 N–H and O–H groups in total. The largest absolute Gasteiger partial charge is 0.389 e. The Kier molecular flexibility index (Phi) is 4.23. The van der Waals surface area contributed by atoms with Crippen molar-refractivity contribution in [2.45, 2.75) is 51.2 Å². The molecule has 0 amide bonds. The van der Waals surface area contributed by atoms with Crippen molar-refractivity contribution in [1.82, 2.24) is 5.32 Å². The van der Waals surface area contributed by atoms with Crippen LogP contribution in [-0.4, -0.2) is 17.3 Å². The Bertz CT molecular complexity index is 328. The minimum Gasteiger partial charge on any atom is -0.389 e. The lowest BCUT2D eigenvalue weighted by atomic mass is 9.79. The van der Waals surface area contributed by atoms with Crippen molar-refractivity contribution in [1.29, 1.82) is 0 Å². The van der Waals surface area contributed by atoms with Gasteiger partial charge in [0, 0.05) is 17.5 Å². The van der Waals surface area contributed by atoms with E-state index in [1.54, 1.807) is 11.3 Å². The normalized spacial score (nSPS) is 31.4. The van der Waals surface area contributed by atoms with Gasteiger partial charge >= 0.3 is 0 Å². The summed E-state index contributed by atoms with van der Waals surface area (Å²) in [4.78, 5) is 1.35. The summed E-state index contributed by atoms with van der Waals surface area (Å²) < 4.78 is 0. The number of aliphatic hydroxyl groups is 1. The van der Waals surface area contributed by atoms with Gasteiger partial charge in [-0.2, -0.15) is 0 Å². The molecule has 2 nitrogen and oxygen atoms in total. The van der Waals surface area contributed by atoms with E-state index in [0.29, 0.717) is 6.04 Å². The number of hydrogen-bond acceptors (Lipinski definition) is 3. The molecule has 1 aromatic rings. The van der Waals surface area contributed by atoms with Gasteiger partial charge in [0.05, 0.1) is 5.60 Å². The average molecular weight is 253 g/mol. The minimum atomic E-state index is -0.474. The minimum absolute atomic E-state index is 0.346. The molecule has 1 aliphatic carbocycles. The third kappa shape index (κ3) is 3.54. The Morgan fingerprint density at radius 1 is 1.53 bits per heavy atom. The van der Waals surface area contributed by atoms with Crippen LogP contribution < -0.4 is 5.32 Å². The lowest BCUT2D eigenvalue weighted by Crippen LogP contribution is -2.43. The van der Waals surface area contributed by atoms with Gasteiger partial charge in [-0.3, -0.25) is 0 Å². The fraction of sp³-hybridized carbons (Fsp3) is 0.714. The second-order valence-corrected chi connectivity index (χ2v) is 6.50. The summed E-state index contributed by atoms with van der Waals surface area (Å²) in [6, 6.07) is 4.57. The van der Waals surface area contributed by atoms with Crippen LogP contribution in [0, 0.1) is 5.92 Å². The fourth-order valence-electron chi connectivity index (χ4n) is 2.46. The Morgan fingerprint density at radius 2 is 2.24 bits per heavy atom. The Hall–Kier alpha value is -0.380. The van der Waals surface area contributed by atoms with Crippen molar-refractivity contribution >= 4 is 11.3 Å². The number of nitrogens with one attached hydrogen (secondary N) is 1. The Balaban J connectivity index is 1.81. The summed E-state index contributed by atoms with van der Waals surface area (Å²) in [6.45, 7) is 5.17. The fourth-order valence-corrected chi connectivity index (χ4v) is 3.22. The maximum absolute atomic E-state index is 10.5. The quantitative estimate of drug-likeness (QED) is 0.862. The molecule has 1 aliphatic rings. The standard InChI is InChI=1S/C14H23NOS/c1-11-5-7-14(16,8-6-11)10-15-12(2)13-4-3-9-17-13/h3-4,9,11-12,15-16H,5-8,10H2,1-2H3. The highest BCUT2D eigenvalue weighted by atomic mass is 32.1. The molecule has 1 unspecified atom stereocenters. The van der Waals surface area contributed by atoms with Crippen LogP contribution in [0.3, 0.4) is 0 Å². The van der Waals surface area contributed by atoms with E-state index in [0.717, 1.165) is 38.1 Å². The topological polar surface area (TPSA) is 32.3 Å². The summed E-state index contributed by atoms with van der Waals surface area (Å²) >= 11 is 1.77. The van der Waals surface area contributed by atoms with Crippen LogP contribution in [-0.2, 0) is 0 Å². The van der Waals surface area contributed by atoms with Crippen molar-refractivity contribution in [3.8, 4) is 0 Å². The second kappa shape index (κ2) is 5.51. The van der Waals surface area contributed by atoms with Crippen LogP contribution in [0.25, 0.3) is 0 Å². The summed E-state index contributed by atoms with van der Waals surface area (Å²) in [7, 11) is 0. The van der Waals surface area contributed by atoms with E-state index in [9.17, 15) is 5.11 Å². The molecule has 1 heterocycles. The first-order valence-corrected chi connectivity index (χ1v) is 7.46. The highest BCUT2D eigenvalue weighted by Gasteiger charge is 2.31. The van der Waals surface area contributed by atoms with E-state index < -0.39 is 5.60 Å². The lowest BCUT2D eigenvalue weighted by Gasteiger charge is -2.35. The SMILES string of the molecule is CC1CCC(O)(CNC(C)c2cccs2)CC1. The lowest BCUT2D eigenvalue weighted by molar-refractivity contribution is -0.00777. The Labute approximate surface area is 108 Å². The first kappa shape index (κ1) is 13.1. The van der Waals surface area contributed by atoms with Crippen molar-refractivity contribution in [3.05, 3.63) is 22.4 Å². The van der Waals surface area contributed by atoms with Gasteiger partial charge in [0.25, 0.3) is 0 Å². The first-order chi connectivity index (χ1) is 8.09. The molecule has 0 aromatic carbocycles. The maximum atomic E-state index is 10.5. The zero-order chi connectivity index (χ0) is 12.3. The molecule has 0 spiro atoms. The van der Waals surface area contributed by atoms with Crippen LogP contribution in [0.4, 0.5) is 0 Å². The third-order valence-corrected chi connectivity index (χ3v) is 4.97. The molecular formula is C14H23NOS. The predicted octanol–water partition coefficient (Wildman–Crippen LogP) is 3.34. The van der Waals surface area contributed by atoms with Crippen molar-refractivity contribution in [2.24, 2.45) is 5.92 Å². The van der Waals surface area contributed by atoms with Crippen LogP contribution in [0.2, 0.25) is 0 Å². The summed E-state index contributed by atoms with van der Waals surface area (Å²) in [5.41, 5.74) is -0.474. The zero-order valence-corrected chi connectivity index (χ0v) is 11.6. The molecule has 1 atom stereocenters. The maximum Gasteiger partial charge on any atom is 0.0772 e. The van der Waals surface area contributed by atoms with E-state index in [-0.39, 0.29) is 0 Å². The molecule has 1 aromatic heterocycles. The molecule has 0 radical (unpaired) electrons. The van der Waals surface area contributed by atoms with E-state index in [4.69, 9.17) is 0 Å². The predicted molar refractivity (Wildman–Crippen MR) is 73.3 cm³/mol. The molecule has 2 rings (SSSR count). The molecular weight excluding hydrogens is 230 g/mol. The molecule has 3 heteroatoms. The molecule has 0 saturated heterocycles. The van der Waals surface area contributed by atoms with Crippen LogP contribution >= 0.6 is 11.3 Å².